The van der Waals surface area contributed by atoms with Gasteiger partial charge in [0.15, 0.2) is 0 Å². The molecule has 3 nitrogen and oxygen atoms in total. The quantitative estimate of drug-likeness (QED) is 0.888. The van der Waals surface area contributed by atoms with Crippen LogP contribution in [0.15, 0.2) is 29.8 Å². The molecule has 5 heteroatoms. The highest BCUT2D eigenvalue weighted by molar-refractivity contribution is 5.85. The van der Waals surface area contributed by atoms with E-state index in [2.05, 4.69) is 30.4 Å². The van der Waals surface area contributed by atoms with Gasteiger partial charge in [-0.2, -0.15) is 0 Å². The van der Waals surface area contributed by atoms with Gasteiger partial charge in [0.1, 0.15) is 5.75 Å². The Bertz CT molecular complexity index is 461. The highest BCUT2D eigenvalue weighted by Gasteiger charge is 2.14. The van der Waals surface area contributed by atoms with Crippen LogP contribution in [0.25, 0.3) is 5.57 Å². The number of allylic oxidation sites excluding steroid dienone is 1. The Labute approximate surface area is 140 Å². The predicted molar refractivity (Wildman–Crippen MR) is 94.8 cm³/mol. The third-order valence-corrected chi connectivity index (χ3v) is 3.53. The first-order chi connectivity index (χ1) is 9.20. The fraction of sp³-hybridized carbons (Fsp3) is 0.500. The molecule has 0 radical (unpaired) electrons. The van der Waals surface area contributed by atoms with Crippen molar-refractivity contribution in [2.24, 2.45) is 5.73 Å². The van der Waals surface area contributed by atoms with Crippen LogP contribution >= 0.6 is 24.8 Å². The molecule has 1 aromatic carbocycles. The van der Waals surface area contributed by atoms with Crippen LogP contribution < -0.4 is 15.8 Å². The van der Waals surface area contributed by atoms with E-state index in [0.29, 0.717) is 0 Å². The Hall–Kier alpha value is -0.740. The van der Waals surface area contributed by atoms with Crippen molar-refractivity contribution < 1.29 is 4.74 Å². The van der Waals surface area contributed by atoms with E-state index in [0.717, 1.165) is 31.7 Å². The van der Waals surface area contributed by atoms with Crippen LogP contribution in [0.3, 0.4) is 0 Å². The van der Waals surface area contributed by atoms with Crippen LogP contribution in [0.4, 0.5) is 0 Å². The highest BCUT2D eigenvalue weighted by Crippen LogP contribution is 2.29. The van der Waals surface area contributed by atoms with Crippen molar-refractivity contribution in [1.29, 1.82) is 0 Å². The molecule has 0 saturated carbocycles. The zero-order valence-electron chi connectivity index (χ0n) is 12.7. The second-order valence-corrected chi connectivity index (χ2v) is 5.28. The number of nitrogens with one attached hydrogen (secondary N) is 1. The molecule has 1 atom stereocenters. The zero-order chi connectivity index (χ0) is 13.7. The number of benzene rings is 1. The van der Waals surface area contributed by atoms with Crippen molar-refractivity contribution in [2.75, 3.05) is 20.2 Å². The first-order valence-electron chi connectivity index (χ1n) is 7.02. The fourth-order valence-electron chi connectivity index (χ4n) is 2.66. The van der Waals surface area contributed by atoms with Gasteiger partial charge in [-0.3, -0.25) is 0 Å². The molecule has 120 valence electrons. The zero-order valence-corrected chi connectivity index (χ0v) is 14.4. The van der Waals surface area contributed by atoms with E-state index in [1.807, 2.05) is 6.07 Å². The standard InChI is InChI=1S/C16H24N2O.2ClH/c1-12(17)9-14-11-18-8-4-7-16(14)13-5-3-6-15(10-13)19-2;;/h3,5-6,10,12,18H,4,7-9,11,17H2,1-2H3;2*1H. The lowest BCUT2D eigenvalue weighted by molar-refractivity contribution is 0.414. The van der Waals surface area contributed by atoms with Gasteiger partial charge in [-0.25, -0.2) is 0 Å². The molecule has 3 N–H and O–H groups in total. The van der Waals surface area contributed by atoms with Gasteiger partial charge in [-0.1, -0.05) is 17.7 Å². The van der Waals surface area contributed by atoms with Crippen molar-refractivity contribution in [3.63, 3.8) is 0 Å². The summed E-state index contributed by atoms with van der Waals surface area (Å²) in [7, 11) is 1.71. The van der Waals surface area contributed by atoms with Crippen LogP contribution in [0.2, 0.25) is 0 Å². The van der Waals surface area contributed by atoms with E-state index in [1.54, 1.807) is 7.11 Å². The average Bonchev–Trinajstić information content (AvgIpc) is 2.63. The van der Waals surface area contributed by atoms with E-state index in [-0.39, 0.29) is 30.9 Å². The van der Waals surface area contributed by atoms with E-state index in [4.69, 9.17) is 10.5 Å². The maximum Gasteiger partial charge on any atom is 0.119 e. The molecule has 21 heavy (non-hydrogen) atoms. The molecule has 0 saturated heterocycles. The summed E-state index contributed by atoms with van der Waals surface area (Å²) in [5.74, 6) is 0.919. The average molecular weight is 333 g/mol. The molecule has 1 aliphatic heterocycles. The number of rotatable bonds is 4. The van der Waals surface area contributed by atoms with Gasteiger partial charge in [0.05, 0.1) is 7.11 Å². The molecule has 0 amide bonds. The minimum atomic E-state index is 0. The van der Waals surface area contributed by atoms with E-state index in [9.17, 15) is 0 Å². The number of hydrogen-bond acceptors (Lipinski definition) is 3. The van der Waals surface area contributed by atoms with Gasteiger partial charge in [-0.05, 0) is 56.0 Å². The van der Waals surface area contributed by atoms with Crippen molar-refractivity contribution in [1.82, 2.24) is 5.32 Å². The number of hydrogen-bond donors (Lipinski definition) is 2. The normalized spacial score (nSPS) is 16.3. The van der Waals surface area contributed by atoms with Crippen LogP contribution in [0.5, 0.6) is 5.75 Å². The molecule has 0 bridgehead atoms. The van der Waals surface area contributed by atoms with Crippen LogP contribution in [-0.2, 0) is 0 Å². The van der Waals surface area contributed by atoms with Gasteiger partial charge in [0.25, 0.3) is 0 Å². The Kier molecular flexibility index (Phi) is 9.71. The van der Waals surface area contributed by atoms with Gasteiger partial charge in [-0.15, -0.1) is 24.8 Å². The summed E-state index contributed by atoms with van der Waals surface area (Å²) in [5.41, 5.74) is 10.2. The summed E-state index contributed by atoms with van der Waals surface area (Å²) in [4.78, 5) is 0. The molecule has 1 aromatic rings. The molecular weight excluding hydrogens is 307 g/mol. The number of nitrogens with two attached hydrogens (primary N) is 1. The third kappa shape index (κ3) is 5.87. The third-order valence-electron chi connectivity index (χ3n) is 3.53. The number of halogens is 2. The molecule has 0 aromatic heterocycles. The van der Waals surface area contributed by atoms with Gasteiger partial charge >= 0.3 is 0 Å². The smallest absolute Gasteiger partial charge is 0.119 e. The maximum absolute atomic E-state index is 5.98. The molecule has 0 spiro atoms. The van der Waals surface area contributed by atoms with E-state index < -0.39 is 0 Å². The minimum absolute atomic E-state index is 0. The van der Waals surface area contributed by atoms with Crippen molar-refractivity contribution in [3.8, 4) is 5.75 Å². The van der Waals surface area contributed by atoms with Crippen molar-refractivity contribution >= 4 is 30.4 Å². The summed E-state index contributed by atoms with van der Waals surface area (Å²) in [6.45, 7) is 4.10. The van der Waals surface area contributed by atoms with Crippen LogP contribution in [0, 0.1) is 0 Å². The SMILES string of the molecule is COc1cccc(C2=C(CC(C)N)CNCCC2)c1.Cl.Cl. The maximum atomic E-state index is 5.98. The van der Waals surface area contributed by atoms with Gasteiger partial charge < -0.3 is 15.8 Å². The van der Waals surface area contributed by atoms with Crippen molar-refractivity contribution in [2.45, 2.75) is 32.2 Å². The highest BCUT2D eigenvalue weighted by atomic mass is 35.5. The largest absolute Gasteiger partial charge is 0.497 e. The molecule has 0 aliphatic carbocycles. The number of ether oxygens (including phenoxy) is 1. The monoisotopic (exact) mass is 332 g/mol. The van der Waals surface area contributed by atoms with Crippen LogP contribution in [-0.4, -0.2) is 26.2 Å². The predicted octanol–water partition coefficient (Wildman–Crippen LogP) is 3.41. The molecule has 0 fully saturated rings. The summed E-state index contributed by atoms with van der Waals surface area (Å²) >= 11 is 0. The Morgan fingerprint density at radius 3 is 2.76 bits per heavy atom. The van der Waals surface area contributed by atoms with E-state index in [1.165, 1.54) is 23.1 Å². The second kappa shape index (κ2) is 10.1. The Morgan fingerprint density at radius 2 is 2.10 bits per heavy atom. The summed E-state index contributed by atoms with van der Waals surface area (Å²) in [6.07, 6.45) is 3.25. The minimum Gasteiger partial charge on any atom is -0.497 e. The first-order valence-corrected chi connectivity index (χ1v) is 7.02. The molecule has 1 unspecified atom stereocenters. The molecule has 1 aliphatic rings. The Morgan fingerprint density at radius 1 is 1.33 bits per heavy atom. The lowest BCUT2D eigenvalue weighted by Gasteiger charge is -2.16. The summed E-state index contributed by atoms with van der Waals surface area (Å²) < 4.78 is 5.33. The summed E-state index contributed by atoms with van der Waals surface area (Å²) in [5, 5.41) is 3.49. The van der Waals surface area contributed by atoms with Gasteiger partial charge in [0.2, 0.25) is 0 Å². The van der Waals surface area contributed by atoms with Crippen LogP contribution in [0.1, 0.15) is 31.7 Å². The lowest BCUT2D eigenvalue weighted by Crippen LogP contribution is -2.22. The molecule has 2 rings (SSSR count). The fourth-order valence-corrected chi connectivity index (χ4v) is 2.66. The Balaban J connectivity index is 0.00000200. The lowest BCUT2D eigenvalue weighted by atomic mass is 9.93. The summed E-state index contributed by atoms with van der Waals surface area (Å²) in [6, 6.07) is 8.55. The topological polar surface area (TPSA) is 47.3 Å². The van der Waals surface area contributed by atoms with Crippen molar-refractivity contribution in [3.05, 3.63) is 35.4 Å². The molecular formula is C16H26Cl2N2O. The van der Waals surface area contributed by atoms with E-state index >= 15 is 0 Å². The first kappa shape index (κ1) is 20.3. The second-order valence-electron chi connectivity index (χ2n) is 5.28. The molecule has 1 heterocycles. The number of methoxy groups -OCH3 is 1. The van der Waals surface area contributed by atoms with Gasteiger partial charge in [0, 0.05) is 12.6 Å².